The molecule has 1 amide bonds. The third-order valence-electron chi connectivity index (χ3n) is 5.77. The van der Waals surface area contributed by atoms with Crippen molar-refractivity contribution < 1.29 is 36.3 Å². The van der Waals surface area contributed by atoms with Crippen molar-refractivity contribution in [2.24, 2.45) is 0 Å². The van der Waals surface area contributed by atoms with Crippen LogP contribution >= 0.6 is 0 Å². The average Bonchev–Trinajstić information content (AvgIpc) is 2.94. The Morgan fingerprint density at radius 2 is 1.64 bits per heavy atom. The summed E-state index contributed by atoms with van der Waals surface area (Å²) in [5, 5.41) is 5.72. The fourth-order valence-electron chi connectivity index (χ4n) is 3.52. The summed E-state index contributed by atoms with van der Waals surface area (Å²) in [6.45, 7) is 6.54. The molecule has 3 rings (SSSR count). The molecule has 3 aromatic rings. The molecule has 226 valence electrons. The van der Waals surface area contributed by atoms with Gasteiger partial charge in [0, 0.05) is 39.7 Å². The number of carbonyl (C=O) groups is 2. The van der Waals surface area contributed by atoms with E-state index in [1.807, 2.05) is 18.7 Å². The zero-order valence-electron chi connectivity index (χ0n) is 23.8. The number of benzene rings is 2. The first-order chi connectivity index (χ1) is 19.9. The van der Waals surface area contributed by atoms with Gasteiger partial charge in [0.05, 0.1) is 22.5 Å². The Balaban J connectivity index is 2.06. The molecule has 1 aromatic heterocycles. The molecule has 0 radical (unpaired) electrons. The van der Waals surface area contributed by atoms with Gasteiger partial charge in [0.25, 0.3) is 0 Å². The summed E-state index contributed by atoms with van der Waals surface area (Å²) < 4.78 is 64.0. The highest BCUT2D eigenvalue weighted by molar-refractivity contribution is 7.91. The van der Waals surface area contributed by atoms with Crippen molar-refractivity contribution in [1.82, 2.24) is 14.9 Å². The molecule has 0 saturated heterocycles. The highest BCUT2D eigenvalue weighted by atomic mass is 32.2. The van der Waals surface area contributed by atoms with E-state index in [2.05, 4.69) is 20.6 Å². The first-order valence-electron chi connectivity index (χ1n) is 12.9. The molecule has 0 unspecified atom stereocenters. The van der Waals surface area contributed by atoms with E-state index >= 15 is 0 Å². The molecule has 0 spiro atoms. The van der Waals surface area contributed by atoms with Crippen molar-refractivity contribution in [3.05, 3.63) is 54.2 Å². The highest BCUT2D eigenvalue weighted by Crippen LogP contribution is 2.39. The van der Waals surface area contributed by atoms with Gasteiger partial charge >= 0.3 is 12.1 Å². The number of para-hydroxylation sites is 1. The Morgan fingerprint density at radius 1 is 0.976 bits per heavy atom. The summed E-state index contributed by atoms with van der Waals surface area (Å²) in [7, 11) is -1.22. The van der Waals surface area contributed by atoms with Gasteiger partial charge in [0.1, 0.15) is 17.5 Å². The Bertz CT molecular complexity index is 1530. The van der Waals surface area contributed by atoms with E-state index in [0.717, 1.165) is 0 Å². The number of nitrogens with one attached hydrogen (secondary N) is 2. The SMILES string of the molecule is CCC(=O)Oc1c(Nc2nc(N(CC)CC)ncc2NCS(=O)(=O)c2cc(F)cc(F)c2)cccc1OC(=O)N(C)C. The van der Waals surface area contributed by atoms with Crippen LogP contribution in [0.25, 0.3) is 0 Å². The predicted octanol–water partition coefficient (Wildman–Crippen LogP) is 4.56. The number of rotatable bonds is 12. The number of sulfone groups is 1. The van der Waals surface area contributed by atoms with Gasteiger partial charge in [-0.3, -0.25) is 4.79 Å². The van der Waals surface area contributed by atoms with E-state index in [0.29, 0.717) is 37.2 Å². The second-order valence-electron chi connectivity index (χ2n) is 8.99. The number of hydrogen-bond acceptors (Lipinski definition) is 11. The second kappa shape index (κ2) is 13.9. The Kier molecular flexibility index (Phi) is 10.6. The van der Waals surface area contributed by atoms with Crippen LogP contribution in [0.2, 0.25) is 0 Å². The van der Waals surface area contributed by atoms with Gasteiger partial charge < -0.3 is 29.9 Å². The van der Waals surface area contributed by atoms with Crippen molar-refractivity contribution in [3.8, 4) is 11.5 Å². The molecule has 0 atom stereocenters. The minimum Gasteiger partial charge on any atom is -0.420 e. The number of esters is 1. The number of amides is 1. The first kappa shape index (κ1) is 32.0. The maximum absolute atomic E-state index is 13.7. The van der Waals surface area contributed by atoms with E-state index in [9.17, 15) is 26.8 Å². The number of anilines is 4. The largest absolute Gasteiger partial charge is 0.420 e. The summed E-state index contributed by atoms with van der Waals surface area (Å²) in [5.74, 6) is -3.19. The van der Waals surface area contributed by atoms with Crippen molar-refractivity contribution in [1.29, 1.82) is 0 Å². The number of carbonyl (C=O) groups excluding carboxylic acids is 2. The molecule has 0 saturated carbocycles. The van der Waals surface area contributed by atoms with E-state index in [4.69, 9.17) is 9.47 Å². The van der Waals surface area contributed by atoms with Crippen LogP contribution in [0.5, 0.6) is 11.5 Å². The van der Waals surface area contributed by atoms with Crippen LogP contribution in [0.3, 0.4) is 0 Å². The van der Waals surface area contributed by atoms with E-state index < -0.39 is 44.3 Å². The van der Waals surface area contributed by atoms with Gasteiger partial charge in [-0.1, -0.05) is 13.0 Å². The average molecular weight is 607 g/mol. The van der Waals surface area contributed by atoms with Crippen molar-refractivity contribution in [2.75, 3.05) is 48.6 Å². The quantitative estimate of drug-likeness (QED) is 0.221. The molecule has 42 heavy (non-hydrogen) atoms. The standard InChI is InChI=1S/C27H32F2N6O6S/c1-6-23(36)41-24-20(10-9-11-22(24)40-27(37)34(4)5)32-25-21(15-30-26(33-25)35(7-2)8-3)31-16-42(38,39)19-13-17(28)12-18(29)14-19/h9-15,31H,6-8,16H2,1-5H3,(H,30,32,33). The normalized spacial score (nSPS) is 11.0. The molecule has 1 heterocycles. The Hall–Kier alpha value is -4.53. The topological polar surface area (TPSA) is 143 Å². The van der Waals surface area contributed by atoms with Crippen LogP contribution in [0, 0.1) is 11.6 Å². The molecular weight excluding hydrogens is 574 g/mol. The van der Waals surface area contributed by atoms with Crippen molar-refractivity contribution >= 4 is 45.0 Å². The summed E-state index contributed by atoms with van der Waals surface area (Å²) in [6, 6.07) is 6.53. The molecule has 0 bridgehead atoms. The van der Waals surface area contributed by atoms with E-state index in [1.54, 1.807) is 19.1 Å². The number of hydrogen-bond donors (Lipinski definition) is 2. The maximum Gasteiger partial charge on any atom is 0.414 e. The van der Waals surface area contributed by atoms with Crippen LogP contribution < -0.4 is 25.0 Å². The molecule has 12 nitrogen and oxygen atoms in total. The summed E-state index contributed by atoms with van der Waals surface area (Å²) in [6.07, 6.45) is 0.659. The van der Waals surface area contributed by atoms with Crippen molar-refractivity contribution in [3.63, 3.8) is 0 Å². The summed E-state index contributed by atoms with van der Waals surface area (Å²) >= 11 is 0. The lowest BCUT2D eigenvalue weighted by atomic mass is 10.2. The van der Waals surface area contributed by atoms with Crippen molar-refractivity contribution in [2.45, 2.75) is 32.1 Å². The fourth-order valence-corrected chi connectivity index (χ4v) is 4.62. The van der Waals surface area contributed by atoms with E-state index in [-0.39, 0.29) is 35.1 Å². The third-order valence-corrected chi connectivity index (χ3v) is 7.25. The van der Waals surface area contributed by atoms with Gasteiger partial charge in [-0.2, -0.15) is 4.98 Å². The second-order valence-corrected chi connectivity index (χ2v) is 11.0. The van der Waals surface area contributed by atoms with Gasteiger partial charge in [0.2, 0.25) is 5.95 Å². The predicted molar refractivity (Wildman–Crippen MR) is 153 cm³/mol. The molecule has 0 fully saturated rings. The first-order valence-corrected chi connectivity index (χ1v) is 14.6. The lowest BCUT2D eigenvalue weighted by molar-refractivity contribution is -0.134. The molecule has 2 N–H and O–H groups in total. The zero-order valence-corrected chi connectivity index (χ0v) is 24.6. The lowest BCUT2D eigenvalue weighted by Crippen LogP contribution is -2.26. The number of halogens is 2. The van der Waals surface area contributed by atoms with Crippen LogP contribution in [0.1, 0.15) is 27.2 Å². The van der Waals surface area contributed by atoms with Gasteiger partial charge in [-0.05, 0) is 38.1 Å². The van der Waals surface area contributed by atoms with Gasteiger partial charge in [0.15, 0.2) is 27.2 Å². The molecule has 15 heteroatoms. The molecule has 0 aliphatic carbocycles. The fraction of sp³-hybridized carbons (Fsp3) is 0.333. The third kappa shape index (κ3) is 8.02. The highest BCUT2D eigenvalue weighted by Gasteiger charge is 2.22. The zero-order chi connectivity index (χ0) is 31.0. The molecule has 0 aliphatic heterocycles. The molecule has 0 aliphatic rings. The molecule has 2 aromatic carbocycles. The number of nitrogens with zero attached hydrogens (tertiary/aromatic N) is 4. The summed E-state index contributed by atoms with van der Waals surface area (Å²) in [4.78, 5) is 35.9. The van der Waals surface area contributed by atoms with Crippen LogP contribution in [0.4, 0.5) is 36.7 Å². The Morgan fingerprint density at radius 3 is 2.24 bits per heavy atom. The van der Waals surface area contributed by atoms with Gasteiger partial charge in [-0.25, -0.2) is 27.0 Å². The lowest BCUT2D eigenvalue weighted by Gasteiger charge is -2.22. The minimum atomic E-state index is -4.20. The van der Waals surface area contributed by atoms with Gasteiger partial charge in [-0.15, -0.1) is 0 Å². The van der Waals surface area contributed by atoms with Crippen LogP contribution in [0.15, 0.2) is 47.5 Å². The smallest absolute Gasteiger partial charge is 0.414 e. The maximum atomic E-state index is 13.7. The van der Waals surface area contributed by atoms with Crippen LogP contribution in [-0.2, 0) is 14.6 Å². The molecular formula is C27H32F2N6O6S. The monoisotopic (exact) mass is 606 g/mol. The van der Waals surface area contributed by atoms with Crippen LogP contribution in [-0.4, -0.2) is 68.4 Å². The summed E-state index contributed by atoms with van der Waals surface area (Å²) in [5.41, 5.74) is 0.276. The minimum absolute atomic E-state index is 0.0281. The number of aromatic nitrogens is 2. The Labute approximate surface area is 242 Å². The number of ether oxygens (including phenoxy) is 2. The van der Waals surface area contributed by atoms with E-state index in [1.165, 1.54) is 31.3 Å².